The maximum atomic E-state index is 13.0. The van der Waals surface area contributed by atoms with Crippen LogP contribution in [-0.2, 0) is 32.5 Å². The number of amides is 1. The minimum absolute atomic E-state index is 0.0548. The molecular formula is C25H37NO7S. The lowest BCUT2D eigenvalue weighted by Crippen LogP contribution is -2.31. The number of aromatic hydroxyl groups is 2. The van der Waals surface area contributed by atoms with Crippen molar-refractivity contribution in [2.24, 2.45) is 0 Å². The van der Waals surface area contributed by atoms with Crippen molar-refractivity contribution < 1.29 is 33.3 Å². The Kier molecular flexibility index (Phi) is 11.9. The van der Waals surface area contributed by atoms with Gasteiger partial charge in [-0.15, -0.1) is 0 Å². The summed E-state index contributed by atoms with van der Waals surface area (Å²) in [7, 11) is -4.49. The van der Waals surface area contributed by atoms with Crippen LogP contribution in [0.4, 0.5) is 0 Å². The number of carbonyl (C=O) groups excluding carboxylic acids is 1. The quantitative estimate of drug-likeness (QED) is 0.216. The van der Waals surface area contributed by atoms with Crippen LogP contribution in [0.5, 0.6) is 11.5 Å². The van der Waals surface area contributed by atoms with Crippen molar-refractivity contribution in [3.8, 4) is 11.5 Å². The van der Waals surface area contributed by atoms with E-state index in [4.69, 9.17) is 5.11 Å². The minimum atomic E-state index is -4.49. The third-order valence-electron chi connectivity index (χ3n) is 5.29. The molecule has 0 atom stereocenters. The Bertz CT molecular complexity index is 1040. The normalized spacial score (nSPS) is 11.8. The number of phenolic OH excluding ortho intramolecular Hbond substituents is 2. The fourth-order valence-corrected chi connectivity index (χ4v) is 4.81. The number of aliphatic carboxylic acids is 1. The third kappa shape index (κ3) is 9.59. The number of benzene rings is 1. The van der Waals surface area contributed by atoms with Gasteiger partial charge < -0.3 is 15.3 Å². The highest BCUT2D eigenvalue weighted by atomic mass is 32.2. The third-order valence-corrected chi connectivity index (χ3v) is 6.78. The highest BCUT2D eigenvalue weighted by Crippen LogP contribution is 2.38. The summed E-state index contributed by atoms with van der Waals surface area (Å²) >= 11 is 0. The second-order valence-electron chi connectivity index (χ2n) is 8.67. The van der Waals surface area contributed by atoms with Crippen molar-refractivity contribution in [3.05, 3.63) is 40.5 Å². The van der Waals surface area contributed by atoms with Crippen molar-refractivity contribution >= 4 is 21.9 Å². The molecule has 0 saturated carbocycles. The zero-order valence-electron chi connectivity index (χ0n) is 20.5. The molecule has 0 aliphatic carbocycles. The first-order valence-electron chi connectivity index (χ1n) is 11.5. The second-order valence-corrected chi connectivity index (χ2v) is 10.3. The molecule has 0 fully saturated rings. The summed E-state index contributed by atoms with van der Waals surface area (Å²) in [4.78, 5) is 22.3. The highest BCUT2D eigenvalue weighted by molar-refractivity contribution is 7.90. The Hall–Kier alpha value is -2.81. The summed E-state index contributed by atoms with van der Waals surface area (Å²) < 4.78 is 27.9. The molecule has 0 aliphatic heterocycles. The van der Waals surface area contributed by atoms with Gasteiger partial charge in [0.1, 0.15) is 16.4 Å². The number of carboxylic acid groups (broad SMARTS) is 1. The van der Waals surface area contributed by atoms with Crippen LogP contribution in [0.15, 0.2) is 34.3 Å². The van der Waals surface area contributed by atoms with Crippen molar-refractivity contribution in [2.75, 3.05) is 0 Å². The summed E-state index contributed by atoms with van der Waals surface area (Å²) in [5.41, 5.74) is 2.49. The summed E-state index contributed by atoms with van der Waals surface area (Å²) in [5, 5.41) is 30.2. The molecule has 0 radical (unpaired) electrons. The maximum Gasteiger partial charge on any atom is 0.303 e. The number of phenols is 2. The van der Waals surface area contributed by atoms with E-state index < -0.39 is 45.4 Å². The molecule has 0 aliphatic rings. The summed E-state index contributed by atoms with van der Waals surface area (Å²) in [5.74, 6) is -3.02. The molecule has 1 rings (SSSR count). The van der Waals surface area contributed by atoms with Crippen molar-refractivity contribution in [2.45, 2.75) is 90.4 Å². The van der Waals surface area contributed by atoms with Crippen molar-refractivity contribution in [1.82, 2.24) is 4.72 Å². The first-order chi connectivity index (χ1) is 15.9. The number of allylic oxidation sites excluding steroid dienone is 4. The topological polar surface area (TPSA) is 141 Å². The molecule has 0 spiro atoms. The Morgan fingerprint density at radius 2 is 1.71 bits per heavy atom. The maximum absolute atomic E-state index is 13.0. The lowest BCUT2D eigenvalue weighted by atomic mass is 10.00. The van der Waals surface area contributed by atoms with Crippen molar-refractivity contribution in [3.63, 3.8) is 0 Å². The Balaban J connectivity index is 3.33. The number of carbonyl (C=O) groups is 2. The van der Waals surface area contributed by atoms with Crippen molar-refractivity contribution in [1.29, 1.82) is 0 Å². The molecule has 0 saturated heterocycles. The molecule has 0 aromatic heterocycles. The molecule has 9 heteroatoms. The first kappa shape index (κ1) is 29.2. The molecule has 1 aromatic rings. The molecule has 8 nitrogen and oxygen atoms in total. The van der Waals surface area contributed by atoms with E-state index in [2.05, 4.69) is 6.08 Å². The van der Waals surface area contributed by atoms with E-state index in [0.717, 1.165) is 31.3 Å². The number of rotatable bonds is 14. The van der Waals surface area contributed by atoms with Crippen LogP contribution < -0.4 is 4.72 Å². The molecule has 1 amide bonds. The van der Waals surface area contributed by atoms with Crippen LogP contribution in [0, 0.1) is 0 Å². The van der Waals surface area contributed by atoms with Gasteiger partial charge in [0, 0.05) is 12.0 Å². The largest absolute Gasteiger partial charge is 0.508 e. The highest BCUT2D eigenvalue weighted by Gasteiger charge is 2.28. The smallest absolute Gasteiger partial charge is 0.303 e. The van der Waals surface area contributed by atoms with Crippen LogP contribution in [0.3, 0.4) is 0 Å². The Morgan fingerprint density at radius 1 is 1.03 bits per heavy atom. The average molecular weight is 496 g/mol. The van der Waals surface area contributed by atoms with E-state index in [1.54, 1.807) is 0 Å². The van der Waals surface area contributed by atoms with Gasteiger partial charge in [0.15, 0.2) is 0 Å². The summed E-state index contributed by atoms with van der Waals surface area (Å²) in [6.45, 7) is 7.94. The lowest BCUT2D eigenvalue weighted by molar-refractivity contribution is -0.138. The SMILES string of the molecule is CCCCCc1cc(O)c(C/C=C(\C)CCC=C(C)C)c(O)c1S(=O)(=O)NC(=O)CCC(=O)O. The van der Waals surface area contributed by atoms with Gasteiger partial charge >= 0.3 is 5.97 Å². The number of hydrogen-bond acceptors (Lipinski definition) is 6. The predicted octanol–water partition coefficient (Wildman–Crippen LogP) is 4.74. The number of unbranched alkanes of at least 4 members (excludes halogenated alkanes) is 2. The molecular weight excluding hydrogens is 458 g/mol. The number of aryl methyl sites for hydroxylation is 1. The van der Waals surface area contributed by atoms with Gasteiger partial charge in [0.25, 0.3) is 10.0 Å². The van der Waals surface area contributed by atoms with Gasteiger partial charge in [-0.3, -0.25) is 9.59 Å². The second kappa shape index (κ2) is 13.8. The predicted molar refractivity (Wildman–Crippen MR) is 131 cm³/mol. The molecule has 0 unspecified atom stereocenters. The van der Waals surface area contributed by atoms with Gasteiger partial charge in [-0.2, -0.15) is 0 Å². The molecule has 1 aromatic carbocycles. The van der Waals surface area contributed by atoms with E-state index in [9.17, 15) is 28.2 Å². The van der Waals surface area contributed by atoms with Crippen LogP contribution in [0.2, 0.25) is 0 Å². The van der Waals surface area contributed by atoms with Gasteiger partial charge in [0.05, 0.1) is 6.42 Å². The molecule has 0 heterocycles. The fourth-order valence-electron chi connectivity index (χ4n) is 3.42. The number of carboxylic acids is 1. The summed E-state index contributed by atoms with van der Waals surface area (Å²) in [6, 6.07) is 1.33. The average Bonchev–Trinajstić information content (AvgIpc) is 2.71. The zero-order valence-corrected chi connectivity index (χ0v) is 21.3. The van der Waals surface area contributed by atoms with Crippen LogP contribution in [-0.4, -0.2) is 35.6 Å². The zero-order chi connectivity index (χ0) is 25.9. The number of hydrogen-bond donors (Lipinski definition) is 4. The van der Waals surface area contributed by atoms with Gasteiger partial charge in [-0.05, 0) is 64.5 Å². The minimum Gasteiger partial charge on any atom is -0.508 e. The van der Waals surface area contributed by atoms with E-state index in [-0.39, 0.29) is 29.7 Å². The van der Waals surface area contributed by atoms with Gasteiger partial charge in [-0.1, -0.05) is 43.1 Å². The van der Waals surface area contributed by atoms with Gasteiger partial charge in [0.2, 0.25) is 5.91 Å². The summed E-state index contributed by atoms with van der Waals surface area (Å²) in [6.07, 6.45) is 7.27. The fraction of sp³-hybridized carbons (Fsp3) is 0.520. The van der Waals surface area contributed by atoms with E-state index in [1.807, 2.05) is 38.5 Å². The van der Waals surface area contributed by atoms with E-state index in [1.165, 1.54) is 11.6 Å². The van der Waals surface area contributed by atoms with Gasteiger partial charge in [-0.25, -0.2) is 13.1 Å². The van der Waals surface area contributed by atoms with Crippen LogP contribution in [0.25, 0.3) is 0 Å². The standard InChI is InChI=1S/C25H37NO7S/c1-5-6-7-11-19-16-21(27)20(13-12-18(4)10-8-9-17(2)3)24(31)25(19)34(32,33)26-22(28)14-15-23(29)30/h9,12,16,27,31H,5-8,10-11,13-15H2,1-4H3,(H,26,28)(H,29,30)/b18-12+. The first-order valence-corrected chi connectivity index (χ1v) is 13.0. The van der Waals surface area contributed by atoms with Crippen LogP contribution >= 0.6 is 0 Å². The van der Waals surface area contributed by atoms with E-state index in [0.29, 0.717) is 6.42 Å². The molecule has 4 N–H and O–H groups in total. The molecule has 34 heavy (non-hydrogen) atoms. The lowest BCUT2D eigenvalue weighted by Gasteiger charge is -2.17. The number of sulfonamides is 1. The Labute approximate surface area is 202 Å². The number of nitrogens with one attached hydrogen (secondary N) is 1. The monoisotopic (exact) mass is 495 g/mol. The van der Waals surface area contributed by atoms with E-state index >= 15 is 0 Å². The Morgan fingerprint density at radius 3 is 2.29 bits per heavy atom. The van der Waals surface area contributed by atoms with Crippen LogP contribution in [0.1, 0.15) is 83.8 Å². The molecule has 190 valence electrons. The molecule has 0 bridgehead atoms.